The Morgan fingerprint density at radius 1 is 1.15 bits per heavy atom. The molecule has 0 aliphatic carbocycles. The first kappa shape index (κ1) is 12.5. The predicted octanol–water partition coefficient (Wildman–Crippen LogP) is 2.08. The lowest BCUT2D eigenvalue weighted by Gasteiger charge is -2.04. The Labute approximate surface area is 116 Å². The number of ether oxygens (including phenoxy) is 2. The molecule has 0 bridgehead atoms. The molecule has 20 heavy (non-hydrogen) atoms. The minimum Gasteiger partial charge on any atom is -0.454 e. The fraction of sp³-hybridized carbons (Fsp3) is 0.200. The van der Waals surface area contributed by atoms with Crippen molar-refractivity contribution in [1.29, 1.82) is 0 Å². The van der Waals surface area contributed by atoms with Crippen LogP contribution in [0.2, 0.25) is 0 Å². The van der Waals surface area contributed by atoms with Gasteiger partial charge in [0.2, 0.25) is 6.79 Å². The molecule has 5 nitrogen and oxygen atoms in total. The van der Waals surface area contributed by atoms with Gasteiger partial charge in [-0.15, -0.1) is 0 Å². The number of hydrogen-bond acceptors (Lipinski definition) is 4. The van der Waals surface area contributed by atoms with Gasteiger partial charge in [-0.1, -0.05) is 0 Å². The standard InChI is InChI=1S/C15H14N2O3/c1-10-5-11(2)17(15(18)6-10)16-8-12-3-4-13-14(7-12)20-9-19-13/h3-8H,9H2,1-2H3/b16-8+. The van der Waals surface area contributed by atoms with Gasteiger partial charge in [0.1, 0.15) is 0 Å². The van der Waals surface area contributed by atoms with E-state index < -0.39 is 0 Å². The normalized spacial score (nSPS) is 13.1. The van der Waals surface area contributed by atoms with Crippen LogP contribution in [0.15, 0.2) is 40.2 Å². The van der Waals surface area contributed by atoms with Crippen molar-refractivity contribution in [2.24, 2.45) is 5.10 Å². The molecule has 5 heteroatoms. The van der Waals surface area contributed by atoms with Crippen LogP contribution in [0.4, 0.5) is 0 Å². The number of rotatable bonds is 2. The molecule has 2 aromatic rings. The fourth-order valence-corrected chi connectivity index (χ4v) is 2.13. The molecule has 1 aromatic carbocycles. The summed E-state index contributed by atoms with van der Waals surface area (Å²) >= 11 is 0. The van der Waals surface area contributed by atoms with Gasteiger partial charge in [-0.05, 0) is 49.2 Å². The second-order valence-corrected chi connectivity index (χ2v) is 4.68. The molecule has 0 saturated heterocycles. The van der Waals surface area contributed by atoms with Crippen molar-refractivity contribution < 1.29 is 9.47 Å². The third-order valence-corrected chi connectivity index (χ3v) is 3.05. The van der Waals surface area contributed by atoms with Gasteiger partial charge >= 0.3 is 0 Å². The Morgan fingerprint density at radius 3 is 2.75 bits per heavy atom. The van der Waals surface area contributed by atoms with Crippen molar-refractivity contribution in [3.8, 4) is 11.5 Å². The molecule has 0 fully saturated rings. The van der Waals surface area contributed by atoms with E-state index in [2.05, 4.69) is 5.10 Å². The van der Waals surface area contributed by atoms with Crippen molar-refractivity contribution in [3.05, 3.63) is 57.5 Å². The lowest BCUT2D eigenvalue weighted by molar-refractivity contribution is 0.174. The van der Waals surface area contributed by atoms with Gasteiger partial charge in [-0.25, -0.2) is 4.68 Å². The largest absolute Gasteiger partial charge is 0.454 e. The highest BCUT2D eigenvalue weighted by atomic mass is 16.7. The molecule has 0 N–H and O–H groups in total. The zero-order chi connectivity index (χ0) is 14.1. The topological polar surface area (TPSA) is 52.8 Å². The van der Waals surface area contributed by atoms with E-state index in [0.29, 0.717) is 5.75 Å². The van der Waals surface area contributed by atoms with E-state index in [0.717, 1.165) is 22.6 Å². The van der Waals surface area contributed by atoms with Gasteiger partial charge in [0.05, 0.1) is 6.21 Å². The number of fused-ring (bicyclic) bond motifs is 1. The molecule has 1 aromatic heterocycles. The summed E-state index contributed by atoms with van der Waals surface area (Å²) in [6, 6.07) is 9.00. The molecule has 2 heterocycles. The second kappa shape index (κ2) is 4.85. The Hall–Kier alpha value is -2.56. The SMILES string of the molecule is Cc1cc(C)n(/N=C/c2ccc3c(c2)OCO3)c(=O)c1. The highest BCUT2D eigenvalue weighted by Gasteiger charge is 2.12. The van der Waals surface area contributed by atoms with Crippen LogP contribution in [0.5, 0.6) is 11.5 Å². The molecule has 0 spiro atoms. The molecule has 0 amide bonds. The highest BCUT2D eigenvalue weighted by Crippen LogP contribution is 2.31. The summed E-state index contributed by atoms with van der Waals surface area (Å²) < 4.78 is 11.9. The number of nitrogens with zero attached hydrogens (tertiary/aromatic N) is 2. The molecular weight excluding hydrogens is 256 g/mol. The summed E-state index contributed by atoms with van der Waals surface area (Å²) in [5, 5.41) is 4.22. The van der Waals surface area contributed by atoms with Crippen molar-refractivity contribution in [2.75, 3.05) is 6.79 Å². The van der Waals surface area contributed by atoms with Crippen LogP contribution < -0.4 is 15.0 Å². The third-order valence-electron chi connectivity index (χ3n) is 3.05. The van der Waals surface area contributed by atoms with E-state index in [-0.39, 0.29) is 12.4 Å². The van der Waals surface area contributed by atoms with Crippen molar-refractivity contribution in [2.45, 2.75) is 13.8 Å². The molecule has 102 valence electrons. The van der Waals surface area contributed by atoms with Crippen LogP contribution in [0, 0.1) is 13.8 Å². The van der Waals surface area contributed by atoms with Crippen molar-refractivity contribution in [3.63, 3.8) is 0 Å². The molecule has 3 rings (SSSR count). The maximum Gasteiger partial charge on any atom is 0.271 e. The van der Waals surface area contributed by atoms with Gasteiger partial charge < -0.3 is 9.47 Å². The van der Waals surface area contributed by atoms with Crippen LogP contribution in [0.1, 0.15) is 16.8 Å². The lowest BCUT2D eigenvalue weighted by Crippen LogP contribution is -2.18. The van der Waals surface area contributed by atoms with E-state index in [1.807, 2.05) is 38.1 Å². The summed E-state index contributed by atoms with van der Waals surface area (Å²) in [6.07, 6.45) is 1.63. The van der Waals surface area contributed by atoms with Gasteiger partial charge in [-0.3, -0.25) is 4.79 Å². The minimum atomic E-state index is -0.139. The van der Waals surface area contributed by atoms with E-state index in [9.17, 15) is 4.79 Å². The van der Waals surface area contributed by atoms with Crippen molar-refractivity contribution >= 4 is 6.21 Å². The molecule has 1 aliphatic heterocycles. The number of benzene rings is 1. The second-order valence-electron chi connectivity index (χ2n) is 4.68. The molecule has 1 aliphatic rings. The maximum atomic E-state index is 11.9. The summed E-state index contributed by atoms with van der Waals surface area (Å²) in [5.41, 5.74) is 2.44. The Kier molecular flexibility index (Phi) is 3.02. The minimum absolute atomic E-state index is 0.139. The van der Waals surface area contributed by atoms with Crippen molar-refractivity contribution in [1.82, 2.24) is 4.68 Å². The lowest BCUT2D eigenvalue weighted by atomic mass is 10.2. The Bertz CT molecular complexity index is 747. The summed E-state index contributed by atoms with van der Waals surface area (Å²) in [5.74, 6) is 1.42. The quantitative estimate of drug-likeness (QED) is 0.785. The van der Waals surface area contributed by atoms with Crippen LogP contribution in [0.25, 0.3) is 0 Å². The van der Waals surface area contributed by atoms with Crippen LogP contribution in [-0.2, 0) is 0 Å². The van der Waals surface area contributed by atoms with Gasteiger partial charge in [0.15, 0.2) is 11.5 Å². The predicted molar refractivity (Wildman–Crippen MR) is 75.7 cm³/mol. The zero-order valence-corrected chi connectivity index (χ0v) is 11.3. The van der Waals surface area contributed by atoms with Gasteiger partial charge in [0, 0.05) is 11.8 Å². The van der Waals surface area contributed by atoms with Crippen LogP contribution in [0.3, 0.4) is 0 Å². The van der Waals surface area contributed by atoms with Gasteiger partial charge in [-0.2, -0.15) is 5.10 Å². The summed E-state index contributed by atoms with van der Waals surface area (Å²) in [6.45, 7) is 3.98. The third kappa shape index (κ3) is 2.30. The van der Waals surface area contributed by atoms with Crippen LogP contribution >= 0.6 is 0 Å². The Morgan fingerprint density at radius 2 is 1.95 bits per heavy atom. The van der Waals surface area contributed by atoms with E-state index in [4.69, 9.17) is 9.47 Å². The maximum absolute atomic E-state index is 11.9. The molecule has 0 unspecified atom stereocenters. The molecular formula is C15H14N2O3. The number of aromatic nitrogens is 1. The van der Waals surface area contributed by atoms with Gasteiger partial charge in [0.25, 0.3) is 5.56 Å². The number of hydrogen-bond donors (Lipinski definition) is 0. The van der Waals surface area contributed by atoms with Crippen LogP contribution in [-0.4, -0.2) is 17.7 Å². The molecule has 0 atom stereocenters. The van der Waals surface area contributed by atoms with E-state index in [1.54, 1.807) is 12.3 Å². The Balaban J connectivity index is 1.93. The molecule has 0 radical (unpaired) electrons. The fourth-order valence-electron chi connectivity index (χ4n) is 2.13. The first-order chi connectivity index (χ1) is 9.63. The highest BCUT2D eigenvalue weighted by molar-refractivity contribution is 5.80. The average Bonchev–Trinajstić information content (AvgIpc) is 2.84. The monoisotopic (exact) mass is 270 g/mol. The number of aryl methyl sites for hydroxylation is 2. The molecule has 0 saturated carbocycles. The van der Waals surface area contributed by atoms with E-state index in [1.165, 1.54) is 4.68 Å². The van der Waals surface area contributed by atoms with E-state index >= 15 is 0 Å². The average molecular weight is 270 g/mol. The number of pyridine rings is 1. The summed E-state index contributed by atoms with van der Waals surface area (Å²) in [4.78, 5) is 11.9. The first-order valence-corrected chi connectivity index (χ1v) is 6.28. The smallest absolute Gasteiger partial charge is 0.271 e. The zero-order valence-electron chi connectivity index (χ0n) is 11.3. The first-order valence-electron chi connectivity index (χ1n) is 6.28. The summed E-state index contributed by atoms with van der Waals surface area (Å²) in [7, 11) is 0.